The molecule has 0 bridgehead atoms. The van der Waals surface area contributed by atoms with Crippen LogP contribution in [-0.4, -0.2) is 49.7 Å². The van der Waals surface area contributed by atoms with Gasteiger partial charge in [0.25, 0.3) is 0 Å². The van der Waals surface area contributed by atoms with Crippen LogP contribution in [0.5, 0.6) is 0 Å². The van der Waals surface area contributed by atoms with E-state index >= 15 is 0 Å². The van der Waals surface area contributed by atoms with Crippen molar-refractivity contribution in [3.63, 3.8) is 0 Å². The Kier molecular flexibility index (Phi) is 6.85. The van der Waals surface area contributed by atoms with Gasteiger partial charge in [0, 0.05) is 32.8 Å². The van der Waals surface area contributed by atoms with Crippen LogP contribution in [0.15, 0.2) is 10.8 Å². The number of ether oxygens (including phenoxy) is 1. The molecular formula is C16H25N3O3S. The number of piperidine rings is 1. The first-order valence-corrected chi connectivity index (χ1v) is 8.87. The molecular weight excluding hydrogens is 314 g/mol. The van der Waals surface area contributed by atoms with E-state index in [9.17, 15) is 9.59 Å². The van der Waals surface area contributed by atoms with Crippen LogP contribution in [0.1, 0.15) is 30.4 Å². The minimum absolute atomic E-state index is 0.127. The van der Waals surface area contributed by atoms with Gasteiger partial charge in [-0.25, -0.2) is 4.79 Å². The van der Waals surface area contributed by atoms with Crippen molar-refractivity contribution in [3.8, 4) is 0 Å². The summed E-state index contributed by atoms with van der Waals surface area (Å²) in [4.78, 5) is 25.7. The summed E-state index contributed by atoms with van der Waals surface area (Å²) < 4.78 is 4.93. The van der Waals surface area contributed by atoms with Crippen LogP contribution in [0.25, 0.3) is 0 Å². The van der Waals surface area contributed by atoms with Crippen LogP contribution in [0.2, 0.25) is 0 Å². The molecule has 1 aliphatic heterocycles. The summed E-state index contributed by atoms with van der Waals surface area (Å²) in [5, 5.41) is 10.0. The molecule has 0 aromatic carbocycles. The van der Waals surface area contributed by atoms with E-state index in [0.717, 1.165) is 18.4 Å². The number of hydrogen-bond acceptors (Lipinski definition) is 4. The molecule has 0 saturated carbocycles. The van der Waals surface area contributed by atoms with Gasteiger partial charge in [-0.3, -0.25) is 4.79 Å². The van der Waals surface area contributed by atoms with E-state index in [-0.39, 0.29) is 18.0 Å². The molecule has 0 spiro atoms. The lowest BCUT2D eigenvalue weighted by atomic mass is 10.0. The Morgan fingerprint density at radius 2 is 2.09 bits per heavy atom. The Labute approximate surface area is 141 Å². The van der Waals surface area contributed by atoms with E-state index in [1.807, 2.05) is 11.8 Å². The first-order valence-electron chi connectivity index (χ1n) is 7.93. The summed E-state index contributed by atoms with van der Waals surface area (Å²) >= 11 is 1.64. The molecule has 3 amide bonds. The van der Waals surface area contributed by atoms with Crippen molar-refractivity contribution in [2.24, 2.45) is 0 Å². The minimum atomic E-state index is -0.139. The Morgan fingerprint density at radius 1 is 1.35 bits per heavy atom. The summed E-state index contributed by atoms with van der Waals surface area (Å²) in [5.74, 6) is 0.127. The number of urea groups is 1. The minimum Gasteiger partial charge on any atom is -0.384 e. The number of carbonyl (C=O) groups excluding carboxylic acids is 2. The molecule has 2 rings (SSSR count). The summed E-state index contributed by atoms with van der Waals surface area (Å²) in [6, 6.07) is -0.00944. The van der Waals surface area contributed by atoms with Crippen LogP contribution < -0.4 is 10.6 Å². The maximum Gasteiger partial charge on any atom is 0.315 e. The van der Waals surface area contributed by atoms with E-state index in [0.29, 0.717) is 32.7 Å². The van der Waals surface area contributed by atoms with Gasteiger partial charge in [0.1, 0.15) is 0 Å². The van der Waals surface area contributed by atoms with Gasteiger partial charge in [0.2, 0.25) is 5.91 Å². The predicted octanol–water partition coefficient (Wildman–Crippen LogP) is 1.88. The topological polar surface area (TPSA) is 70.7 Å². The monoisotopic (exact) mass is 339 g/mol. The molecule has 128 valence electrons. The van der Waals surface area contributed by atoms with Crippen molar-refractivity contribution >= 4 is 23.3 Å². The number of hydrogen-bond donors (Lipinski definition) is 2. The lowest BCUT2D eigenvalue weighted by Gasteiger charge is -2.32. The fraction of sp³-hybridized carbons (Fsp3) is 0.625. The second kappa shape index (κ2) is 8.88. The number of nitrogens with zero attached hydrogens (tertiary/aromatic N) is 1. The fourth-order valence-corrected chi connectivity index (χ4v) is 3.46. The SMILES string of the molecule is COCCC(=O)N1CCC(NC(=O)NCc2cscc2C)CC1. The fourth-order valence-electron chi connectivity index (χ4n) is 2.60. The Bertz CT molecular complexity index is 524. The molecule has 1 aromatic heterocycles. The largest absolute Gasteiger partial charge is 0.384 e. The zero-order valence-corrected chi connectivity index (χ0v) is 14.6. The van der Waals surface area contributed by atoms with E-state index in [1.54, 1.807) is 18.4 Å². The van der Waals surface area contributed by atoms with Crippen LogP contribution >= 0.6 is 11.3 Å². The first-order chi connectivity index (χ1) is 11.1. The predicted molar refractivity (Wildman–Crippen MR) is 90.5 cm³/mol. The van der Waals surface area contributed by atoms with Gasteiger partial charge in [-0.2, -0.15) is 11.3 Å². The molecule has 6 nitrogen and oxygen atoms in total. The standard InChI is InChI=1S/C16H25N3O3S/c1-12-10-23-11-13(12)9-17-16(21)18-14-3-6-19(7-4-14)15(20)5-8-22-2/h10-11,14H,3-9H2,1-2H3,(H2,17,18,21). The van der Waals surface area contributed by atoms with Gasteiger partial charge < -0.3 is 20.3 Å². The van der Waals surface area contributed by atoms with Crippen molar-refractivity contribution < 1.29 is 14.3 Å². The summed E-state index contributed by atoms with van der Waals surface area (Å²) in [7, 11) is 1.60. The maximum absolute atomic E-state index is 12.0. The highest BCUT2D eigenvalue weighted by Crippen LogP contribution is 2.13. The third-order valence-electron chi connectivity index (χ3n) is 4.10. The van der Waals surface area contributed by atoms with Gasteiger partial charge in [0.15, 0.2) is 0 Å². The zero-order valence-electron chi connectivity index (χ0n) is 13.8. The van der Waals surface area contributed by atoms with Crippen LogP contribution in [0.4, 0.5) is 4.79 Å². The molecule has 0 unspecified atom stereocenters. The average molecular weight is 339 g/mol. The molecule has 1 aromatic rings. The number of carbonyl (C=O) groups is 2. The average Bonchev–Trinajstić information content (AvgIpc) is 2.96. The molecule has 1 fully saturated rings. The normalized spacial score (nSPS) is 15.5. The summed E-state index contributed by atoms with van der Waals surface area (Å²) in [6.07, 6.45) is 2.02. The van der Waals surface area contributed by atoms with Gasteiger partial charge in [-0.1, -0.05) is 0 Å². The molecule has 2 heterocycles. The second-order valence-corrected chi connectivity index (χ2v) is 6.55. The summed E-state index contributed by atoms with van der Waals surface area (Å²) in [6.45, 7) is 4.44. The second-order valence-electron chi connectivity index (χ2n) is 5.80. The Balaban J connectivity index is 1.66. The van der Waals surface area contributed by atoms with Gasteiger partial charge >= 0.3 is 6.03 Å². The van der Waals surface area contributed by atoms with Gasteiger partial charge in [0.05, 0.1) is 13.0 Å². The quantitative estimate of drug-likeness (QED) is 0.831. The molecule has 1 saturated heterocycles. The highest BCUT2D eigenvalue weighted by Gasteiger charge is 2.23. The molecule has 7 heteroatoms. The number of methoxy groups -OCH3 is 1. The first kappa shape index (κ1) is 17.7. The van der Waals surface area contributed by atoms with Gasteiger partial charge in [-0.15, -0.1) is 0 Å². The van der Waals surface area contributed by atoms with E-state index in [4.69, 9.17) is 4.74 Å². The highest BCUT2D eigenvalue weighted by atomic mass is 32.1. The number of likely N-dealkylation sites (tertiary alicyclic amines) is 1. The molecule has 1 aliphatic rings. The molecule has 0 radical (unpaired) electrons. The molecule has 0 atom stereocenters. The Morgan fingerprint density at radius 3 is 2.70 bits per heavy atom. The zero-order chi connectivity index (χ0) is 16.7. The third-order valence-corrected chi connectivity index (χ3v) is 5.01. The molecule has 2 N–H and O–H groups in total. The number of rotatable bonds is 6. The number of thiophene rings is 1. The third kappa shape index (κ3) is 5.51. The van der Waals surface area contributed by atoms with Crippen molar-refractivity contribution in [1.82, 2.24) is 15.5 Å². The molecule has 23 heavy (non-hydrogen) atoms. The number of aryl methyl sites for hydroxylation is 1. The van der Waals surface area contributed by atoms with Crippen molar-refractivity contribution in [2.75, 3.05) is 26.8 Å². The van der Waals surface area contributed by atoms with Gasteiger partial charge in [-0.05, 0) is 41.7 Å². The van der Waals surface area contributed by atoms with Crippen molar-refractivity contribution in [3.05, 3.63) is 21.9 Å². The van der Waals surface area contributed by atoms with Crippen molar-refractivity contribution in [2.45, 2.75) is 38.8 Å². The van der Waals surface area contributed by atoms with E-state index < -0.39 is 0 Å². The van der Waals surface area contributed by atoms with Crippen molar-refractivity contribution in [1.29, 1.82) is 0 Å². The smallest absolute Gasteiger partial charge is 0.315 e. The van der Waals surface area contributed by atoms with Crippen LogP contribution in [-0.2, 0) is 16.1 Å². The van der Waals surface area contributed by atoms with Crippen LogP contribution in [0.3, 0.4) is 0 Å². The molecule has 0 aliphatic carbocycles. The van der Waals surface area contributed by atoms with E-state index in [2.05, 4.69) is 21.4 Å². The van der Waals surface area contributed by atoms with E-state index in [1.165, 1.54) is 5.56 Å². The van der Waals surface area contributed by atoms with Crippen LogP contribution in [0, 0.1) is 6.92 Å². The number of amides is 3. The lowest BCUT2D eigenvalue weighted by Crippen LogP contribution is -2.49. The Hall–Kier alpha value is -1.60. The summed E-state index contributed by atoms with van der Waals surface area (Å²) in [5.41, 5.74) is 2.36. The highest BCUT2D eigenvalue weighted by molar-refractivity contribution is 7.08. The number of nitrogens with one attached hydrogen (secondary N) is 2. The lowest BCUT2D eigenvalue weighted by molar-refractivity contribution is -0.133. The maximum atomic E-state index is 12.0.